The third-order valence-electron chi connectivity index (χ3n) is 1.76. The molecule has 61 valence electrons. The third kappa shape index (κ3) is 4.80. The Balaban J connectivity index is 3.21. The van der Waals surface area contributed by atoms with E-state index in [4.69, 9.17) is 4.74 Å². The Bertz CT molecular complexity index is 61.7. The number of hydrogen-bond acceptors (Lipinski definition) is 1. The van der Waals surface area contributed by atoms with Gasteiger partial charge in [-0.3, -0.25) is 0 Å². The summed E-state index contributed by atoms with van der Waals surface area (Å²) in [7, 11) is 1.76. The van der Waals surface area contributed by atoms with Crippen LogP contribution in [0.3, 0.4) is 0 Å². The van der Waals surface area contributed by atoms with Gasteiger partial charge in [-0.05, 0) is 25.2 Å². The summed E-state index contributed by atoms with van der Waals surface area (Å²) >= 11 is 0. The molecule has 0 saturated heterocycles. The molecule has 0 aromatic heterocycles. The van der Waals surface area contributed by atoms with Crippen molar-refractivity contribution in [3.63, 3.8) is 0 Å². The summed E-state index contributed by atoms with van der Waals surface area (Å²) in [5.41, 5.74) is 0. The fourth-order valence-electron chi connectivity index (χ4n) is 1.08. The second kappa shape index (κ2) is 7.07. The second-order valence-electron chi connectivity index (χ2n) is 2.60. The lowest BCUT2D eigenvalue weighted by molar-refractivity contribution is 0.195. The zero-order valence-electron chi connectivity index (χ0n) is 7.44. The molecule has 0 aliphatic carbocycles. The highest BCUT2D eigenvalue weighted by atomic mass is 16.5. The van der Waals surface area contributed by atoms with Gasteiger partial charge in [-0.15, -0.1) is 0 Å². The molecule has 10 heavy (non-hydrogen) atoms. The predicted molar refractivity (Wildman–Crippen MR) is 44.9 cm³/mol. The Hall–Kier alpha value is -0.0400. The topological polar surface area (TPSA) is 9.23 Å². The monoisotopic (exact) mass is 143 g/mol. The van der Waals surface area contributed by atoms with Crippen molar-refractivity contribution >= 4 is 0 Å². The Morgan fingerprint density at radius 3 is 2.30 bits per heavy atom. The zero-order chi connectivity index (χ0) is 7.82. The molecule has 0 atom stereocenters. The van der Waals surface area contributed by atoms with E-state index < -0.39 is 0 Å². The molecule has 0 aromatic carbocycles. The molecule has 0 spiro atoms. The Morgan fingerprint density at radius 2 is 1.90 bits per heavy atom. The molecule has 0 N–H and O–H groups in total. The number of methoxy groups -OCH3 is 1. The van der Waals surface area contributed by atoms with Crippen molar-refractivity contribution in [3.05, 3.63) is 5.92 Å². The van der Waals surface area contributed by atoms with Gasteiger partial charge in [-0.2, -0.15) is 0 Å². The van der Waals surface area contributed by atoms with Crippen LogP contribution in [0.4, 0.5) is 0 Å². The van der Waals surface area contributed by atoms with Crippen molar-refractivity contribution in [1.82, 2.24) is 0 Å². The van der Waals surface area contributed by atoms with Gasteiger partial charge < -0.3 is 4.74 Å². The molecule has 0 fully saturated rings. The predicted octanol–water partition coefficient (Wildman–Crippen LogP) is 2.81. The van der Waals surface area contributed by atoms with E-state index in [2.05, 4.69) is 13.8 Å². The van der Waals surface area contributed by atoms with Crippen molar-refractivity contribution in [2.45, 2.75) is 39.5 Å². The highest BCUT2D eigenvalue weighted by Gasteiger charge is 2.03. The maximum Gasteiger partial charge on any atom is 0.0467 e. The number of rotatable bonds is 6. The van der Waals surface area contributed by atoms with E-state index in [-0.39, 0.29) is 0 Å². The summed E-state index contributed by atoms with van der Waals surface area (Å²) in [5, 5.41) is 0. The van der Waals surface area contributed by atoms with Gasteiger partial charge >= 0.3 is 0 Å². The van der Waals surface area contributed by atoms with E-state index in [1.807, 2.05) is 0 Å². The molecule has 0 heterocycles. The van der Waals surface area contributed by atoms with Crippen molar-refractivity contribution < 1.29 is 4.74 Å². The molecule has 0 saturated carbocycles. The van der Waals surface area contributed by atoms with E-state index in [9.17, 15) is 0 Å². The summed E-state index contributed by atoms with van der Waals surface area (Å²) in [5.74, 6) is 1.64. The van der Waals surface area contributed by atoms with Crippen LogP contribution in [-0.4, -0.2) is 13.7 Å². The fraction of sp³-hybridized carbons (Fsp3) is 0.889. The van der Waals surface area contributed by atoms with Gasteiger partial charge in [-0.1, -0.05) is 20.3 Å². The maximum absolute atomic E-state index is 5.00. The molecule has 0 aromatic rings. The van der Waals surface area contributed by atoms with Crippen molar-refractivity contribution in [3.8, 4) is 0 Å². The Kier molecular flexibility index (Phi) is 7.04. The molecular formula is C9H19O. The largest absolute Gasteiger partial charge is 0.385 e. The lowest BCUT2D eigenvalue weighted by atomic mass is 9.98. The highest BCUT2D eigenvalue weighted by molar-refractivity contribution is 4.86. The van der Waals surface area contributed by atoms with E-state index in [0.717, 1.165) is 13.0 Å². The van der Waals surface area contributed by atoms with Crippen LogP contribution in [0.2, 0.25) is 0 Å². The first-order valence-electron chi connectivity index (χ1n) is 4.17. The molecule has 1 radical (unpaired) electrons. The standard InChI is InChI=1S/C9H19O/c1-4-6-9(5-2)7-8-10-3/h4-8H2,1-3H3. The number of ether oxygens (including phenoxy) is 1. The van der Waals surface area contributed by atoms with Crippen LogP contribution in [0.25, 0.3) is 0 Å². The van der Waals surface area contributed by atoms with E-state index in [1.165, 1.54) is 19.3 Å². The second-order valence-corrected chi connectivity index (χ2v) is 2.60. The first-order valence-corrected chi connectivity index (χ1v) is 4.17. The maximum atomic E-state index is 5.00. The van der Waals surface area contributed by atoms with Crippen LogP contribution in [0.15, 0.2) is 0 Å². The molecule has 0 rings (SSSR count). The quantitative estimate of drug-likeness (QED) is 0.555. The van der Waals surface area contributed by atoms with Crippen LogP contribution in [0.5, 0.6) is 0 Å². The van der Waals surface area contributed by atoms with E-state index in [1.54, 1.807) is 13.0 Å². The van der Waals surface area contributed by atoms with Crippen LogP contribution in [0, 0.1) is 5.92 Å². The SMILES string of the molecule is CCC[C](CC)CCOC. The van der Waals surface area contributed by atoms with Crippen LogP contribution < -0.4 is 0 Å². The van der Waals surface area contributed by atoms with Gasteiger partial charge in [-0.25, -0.2) is 0 Å². The fourth-order valence-corrected chi connectivity index (χ4v) is 1.08. The van der Waals surface area contributed by atoms with Crippen molar-refractivity contribution in [2.75, 3.05) is 13.7 Å². The summed E-state index contributed by atoms with van der Waals surface area (Å²) in [4.78, 5) is 0. The Morgan fingerprint density at radius 1 is 1.20 bits per heavy atom. The van der Waals surface area contributed by atoms with Gasteiger partial charge in [0.05, 0.1) is 0 Å². The highest BCUT2D eigenvalue weighted by Crippen LogP contribution is 2.16. The Labute approximate surface area is 64.8 Å². The zero-order valence-corrected chi connectivity index (χ0v) is 7.44. The van der Waals surface area contributed by atoms with Gasteiger partial charge in [0.2, 0.25) is 0 Å². The van der Waals surface area contributed by atoms with E-state index in [0.29, 0.717) is 0 Å². The average Bonchev–Trinajstić information content (AvgIpc) is 1.98. The molecule has 0 unspecified atom stereocenters. The van der Waals surface area contributed by atoms with Crippen LogP contribution >= 0.6 is 0 Å². The van der Waals surface area contributed by atoms with Crippen LogP contribution in [0.1, 0.15) is 39.5 Å². The van der Waals surface area contributed by atoms with Crippen molar-refractivity contribution in [2.24, 2.45) is 0 Å². The lowest BCUT2D eigenvalue weighted by Gasteiger charge is -2.11. The normalized spacial score (nSPS) is 10.8. The van der Waals surface area contributed by atoms with Gasteiger partial charge in [0.15, 0.2) is 0 Å². The molecule has 0 aliphatic heterocycles. The molecular weight excluding hydrogens is 124 g/mol. The molecule has 0 aliphatic rings. The first kappa shape index (κ1) is 9.96. The minimum atomic E-state index is 0.892. The summed E-state index contributed by atoms with van der Waals surface area (Å²) < 4.78 is 5.00. The van der Waals surface area contributed by atoms with Crippen molar-refractivity contribution in [1.29, 1.82) is 0 Å². The van der Waals surface area contributed by atoms with Gasteiger partial charge in [0, 0.05) is 13.7 Å². The molecule has 1 heteroatoms. The summed E-state index contributed by atoms with van der Waals surface area (Å²) in [6.07, 6.45) is 4.92. The molecule has 0 amide bonds. The summed E-state index contributed by atoms with van der Waals surface area (Å²) in [6, 6.07) is 0. The minimum absolute atomic E-state index is 0.892. The minimum Gasteiger partial charge on any atom is -0.385 e. The number of hydrogen-bond donors (Lipinski definition) is 0. The molecule has 1 nitrogen and oxygen atoms in total. The van der Waals surface area contributed by atoms with Crippen LogP contribution in [-0.2, 0) is 4.74 Å². The molecule has 0 bridgehead atoms. The lowest BCUT2D eigenvalue weighted by Crippen LogP contribution is -2.00. The average molecular weight is 143 g/mol. The van der Waals surface area contributed by atoms with E-state index >= 15 is 0 Å². The summed E-state index contributed by atoms with van der Waals surface area (Å²) in [6.45, 7) is 5.34. The third-order valence-corrected chi connectivity index (χ3v) is 1.76. The smallest absolute Gasteiger partial charge is 0.0467 e. The first-order chi connectivity index (χ1) is 4.85. The van der Waals surface area contributed by atoms with Gasteiger partial charge in [0.1, 0.15) is 0 Å². The van der Waals surface area contributed by atoms with Gasteiger partial charge in [0.25, 0.3) is 0 Å².